The van der Waals surface area contributed by atoms with Crippen LogP contribution in [0.2, 0.25) is 0 Å². The van der Waals surface area contributed by atoms with Crippen LogP contribution in [0.25, 0.3) is 21.9 Å². The molecule has 0 aliphatic heterocycles. The van der Waals surface area contributed by atoms with Crippen LogP contribution in [0, 0.1) is 6.92 Å². The van der Waals surface area contributed by atoms with Crippen LogP contribution in [0.15, 0.2) is 91.4 Å². The number of carbonyl (C=O) groups excluding carboxylic acids is 1. The number of rotatable bonds is 7. The molecule has 0 aliphatic rings. The number of nitrogens with one attached hydrogen (secondary N) is 1. The van der Waals surface area contributed by atoms with E-state index in [1.54, 1.807) is 30.3 Å². The minimum absolute atomic E-state index is 0.0241. The number of anilines is 1. The van der Waals surface area contributed by atoms with Gasteiger partial charge in [-0.2, -0.15) is 0 Å². The maximum absolute atomic E-state index is 13.0. The Morgan fingerprint density at radius 3 is 2.41 bits per heavy atom. The first kappa shape index (κ1) is 23.9. The minimum Gasteiger partial charge on any atom is -0.484 e. The summed E-state index contributed by atoms with van der Waals surface area (Å²) < 4.78 is 22.2. The van der Waals surface area contributed by atoms with Crippen molar-refractivity contribution in [1.29, 1.82) is 0 Å². The molecular weight excluding hydrogens is 474 g/mol. The normalized spacial score (nSPS) is 11.0. The van der Waals surface area contributed by atoms with Crippen molar-refractivity contribution in [3.63, 3.8) is 0 Å². The van der Waals surface area contributed by atoms with Crippen LogP contribution in [-0.2, 0) is 11.2 Å². The maximum atomic E-state index is 13.0. The molecule has 5 rings (SSSR count). The van der Waals surface area contributed by atoms with Crippen molar-refractivity contribution in [3.8, 4) is 17.2 Å². The predicted octanol–water partition coefficient (Wildman–Crippen LogP) is 5.58. The summed E-state index contributed by atoms with van der Waals surface area (Å²) in [4.78, 5) is 36.9. The second-order valence-corrected chi connectivity index (χ2v) is 8.48. The molecule has 0 saturated heterocycles. The molecule has 0 atom stereocenters. The summed E-state index contributed by atoms with van der Waals surface area (Å²) in [5, 5.41) is 3.84. The number of hydrogen-bond acceptors (Lipinski definition) is 7. The summed E-state index contributed by atoms with van der Waals surface area (Å²) >= 11 is 0. The van der Waals surface area contributed by atoms with E-state index in [0.717, 1.165) is 17.4 Å². The van der Waals surface area contributed by atoms with Gasteiger partial charge in [-0.3, -0.25) is 9.59 Å². The van der Waals surface area contributed by atoms with Gasteiger partial charge in [-0.1, -0.05) is 19.1 Å². The van der Waals surface area contributed by atoms with Crippen molar-refractivity contribution < 1.29 is 23.1 Å². The monoisotopic (exact) mass is 497 g/mol. The molecule has 37 heavy (non-hydrogen) atoms. The Morgan fingerprint density at radius 1 is 0.892 bits per heavy atom. The van der Waals surface area contributed by atoms with E-state index in [4.69, 9.17) is 18.3 Å². The van der Waals surface area contributed by atoms with Gasteiger partial charge in [-0.15, -0.1) is 0 Å². The number of ether oxygens (including phenoxy) is 2. The highest BCUT2D eigenvalue weighted by molar-refractivity contribution is 5.92. The SMILES string of the molecule is CCc1ccc(NC(=O)COc2ccc3c(=O)c(Oc4ccc5c(C)cc(=O)oc5c4)coc3c2)cc1. The fraction of sp³-hybridized carbons (Fsp3) is 0.138. The molecule has 0 unspecified atom stereocenters. The van der Waals surface area contributed by atoms with E-state index in [1.807, 2.05) is 31.2 Å². The molecule has 0 fully saturated rings. The standard InChI is InChI=1S/C29H23NO7/c1-3-18-4-6-19(7-5-18)30-27(31)16-34-20-8-11-23-24(13-20)35-15-26(29(23)33)36-21-9-10-22-17(2)12-28(32)37-25(22)14-21/h4-15H,3,16H2,1-2H3,(H,30,31). The maximum Gasteiger partial charge on any atom is 0.336 e. The van der Waals surface area contributed by atoms with E-state index in [2.05, 4.69) is 12.2 Å². The average Bonchev–Trinajstić information content (AvgIpc) is 2.89. The first-order valence-corrected chi connectivity index (χ1v) is 11.7. The van der Waals surface area contributed by atoms with Crippen molar-refractivity contribution in [2.45, 2.75) is 20.3 Å². The molecule has 186 valence electrons. The lowest BCUT2D eigenvalue weighted by Gasteiger charge is -2.09. The molecule has 0 bridgehead atoms. The third kappa shape index (κ3) is 5.23. The molecule has 8 heteroatoms. The van der Waals surface area contributed by atoms with E-state index < -0.39 is 5.63 Å². The molecule has 0 radical (unpaired) electrons. The van der Waals surface area contributed by atoms with E-state index in [-0.39, 0.29) is 34.7 Å². The molecule has 0 aliphatic carbocycles. The molecule has 0 spiro atoms. The van der Waals surface area contributed by atoms with Crippen LogP contribution in [-0.4, -0.2) is 12.5 Å². The number of aryl methyl sites for hydroxylation is 2. The molecule has 8 nitrogen and oxygen atoms in total. The Hall–Kier alpha value is -4.85. The quantitative estimate of drug-likeness (QED) is 0.293. The lowest BCUT2D eigenvalue weighted by atomic mass is 10.1. The third-order valence-corrected chi connectivity index (χ3v) is 5.88. The Kier molecular flexibility index (Phi) is 6.47. The van der Waals surface area contributed by atoms with Crippen molar-refractivity contribution in [1.82, 2.24) is 0 Å². The van der Waals surface area contributed by atoms with Crippen LogP contribution in [0.1, 0.15) is 18.1 Å². The topological polar surface area (TPSA) is 108 Å². The van der Waals surface area contributed by atoms with Gasteiger partial charge in [0.1, 0.15) is 28.9 Å². The highest BCUT2D eigenvalue weighted by Crippen LogP contribution is 2.27. The number of hydrogen-bond donors (Lipinski definition) is 1. The van der Waals surface area contributed by atoms with Crippen LogP contribution >= 0.6 is 0 Å². The van der Waals surface area contributed by atoms with Crippen LogP contribution < -0.4 is 25.8 Å². The Morgan fingerprint density at radius 2 is 1.62 bits per heavy atom. The lowest BCUT2D eigenvalue weighted by molar-refractivity contribution is -0.118. The highest BCUT2D eigenvalue weighted by Gasteiger charge is 2.12. The largest absolute Gasteiger partial charge is 0.484 e. The van der Waals surface area contributed by atoms with Crippen molar-refractivity contribution in [3.05, 3.63) is 105 Å². The zero-order valence-corrected chi connectivity index (χ0v) is 20.2. The highest BCUT2D eigenvalue weighted by atomic mass is 16.5. The van der Waals surface area contributed by atoms with E-state index >= 15 is 0 Å². The van der Waals surface area contributed by atoms with E-state index in [9.17, 15) is 14.4 Å². The zero-order valence-electron chi connectivity index (χ0n) is 20.2. The van der Waals surface area contributed by atoms with Gasteiger partial charge in [0.25, 0.3) is 5.91 Å². The summed E-state index contributed by atoms with van der Waals surface area (Å²) in [6.45, 7) is 3.67. The molecule has 5 aromatic rings. The first-order valence-electron chi connectivity index (χ1n) is 11.7. The van der Waals surface area contributed by atoms with Crippen LogP contribution in [0.3, 0.4) is 0 Å². The summed E-state index contributed by atoms with van der Waals surface area (Å²) in [7, 11) is 0. The zero-order chi connectivity index (χ0) is 25.9. The average molecular weight is 498 g/mol. The first-order chi connectivity index (χ1) is 17.9. The summed E-state index contributed by atoms with van der Waals surface area (Å²) in [6, 6.07) is 18.7. The number of carbonyl (C=O) groups is 1. The summed E-state index contributed by atoms with van der Waals surface area (Å²) in [5.41, 5.74) is 2.44. The van der Waals surface area contributed by atoms with Gasteiger partial charge < -0.3 is 23.6 Å². The second-order valence-electron chi connectivity index (χ2n) is 8.48. The number of benzene rings is 3. The van der Waals surface area contributed by atoms with Gasteiger partial charge in [-0.25, -0.2) is 4.79 Å². The lowest BCUT2D eigenvalue weighted by Crippen LogP contribution is -2.20. The molecule has 2 heterocycles. The van der Waals surface area contributed by atoms with Crippen molar-refractivity contribution in [2.24, 2.45) is 0 Å². The Balaban J connectivity index is 1.29. The van der Waals surface area contributed by atoms with Gasteiger partial charge in [0, 0.05) is 29.3 Å². The number of fused-ring (bicyclic) bond motifs is 2. The van der Waals surface area contributed by atoms with Crippen molar-refractivity contribution >= 4 is 33.5 Å². The Bertz CT molecular complexity index is 1730. The molecule has 3 aromatic carbocycles. The molecular formula is C29H23NO7. The van der Waals surface area contributed by atoms with Gasteiger partial charge in [0.05, 0.1) is 5.39 Å². The van der Waals surface area contributed by atoms with Gasteiger partial charge in [0.2, 0.25) is 11.2 Å². The molecule has 1 amide bonds. The van der Waals surface area contributed by atoms with Gasteiger partial charge >= 0.3 is 5.63 Å². The second kappa shape index (κ2) is 10.0. The van der Waals surface area contributed by atoms with Crippen molar-refractivity contribution in [2.75, 3.05) is 11.9 Å². The predicted molar refractivity (Wildman–Crippen MR) is 140 cm³/mol. The molecule has 0 saturated carbocycles. The van der Waals surface area contributed by atoms with E-state index in [0.29, 0.717) is 22.8 Å². The smallest absolute Gasteiger partial charge is 0.336 e. The molecule has 2 aromatic heterocycles. The minimum atomic E-state index is -0.464. The summed E-state index contributed by atoms with van der Waals surface area (Å²) in [6.07, 6.45) is 2.13. The fourth-order valence-electron chi connectivity index (χ4n) is 3.92. The number of amides is 1. The summed E-state index contributed by atoms with van der Waals surface area (Å²) in [5.74, 6) is 0.365. The third-order valence-electron chi connectivity index (χ3n) is 5.88. The Labute approximate surface area is 211 Å². The fourth-order valence-corrected chi connectivity index (χ4v) is 3.92. The van der Waals surface area contributed by atoms with Gasteiger partial charge in [-0.05, 0) is 60.9 Å². The molecule has 1 N–H and O–H groups in total. The van der Waals surface area contributed by atoms with Gasteiger partial charge in [0.15, 0.2) is 6.61 Å². The van der Waals surface area contributed by atoms with Crippen LogP contribution in [0.5, 0.6) is 17.2 Å². The van der Waals surface area contributed by atoms with E-state index in [1.165, 1.54) is 24.0 Å². The van der Waals surface area contributed by atoms with Crippen LogP contribution in [0.4, 0.5) is 5.69 Å².